The fraction of sp³-hybridized carbons (Fsp3) is 0.409. The molecule has 7 heteroatoms. The van der Waals surface area contributed by atoms with Crippen molar-refractivity contribution >= 4 is 17.5 Å². The molecule has 0 atom stereocenters. The summed E-state index contributed by atoms with van der Waals surface area (Å²) in [5.74, 6) is 2.06. The van der Waals surface area contributed by atoms with Gasteiger partial charge in [0.15, 0.2) is 23.0 Å². The van der Waals surface area contributed by atoms with E-state index in [9.17, 15) is 4.79 Å². The van der Waals surface area contributed by atoms with Gasteiger partial charge in [0.2, 0.25) is 0 Å². The molecule has 0 radical (unpaired) electrons. The summed E-state index contributed by atoms with van der Waals surface area (Å²) in [4.78, 5) is 14.5. The lowest BCUT2D eigenvalue weighted by Gasteiger charge is -2.20. The Bertz CT molecular complexity index is 853. The summed E-state index contributed by atoms with van der Waals surface area (Å²) in [6.45, 7) is 4.33. The number of benzene rings is 2. The third kappa shape index (κ3) is 5.70. The van der Waals surface area contributed by atoms with Crippen molar-refractivity contribution in [3.63, 3.8) is 0 Å². The SMILES string of the molecule is COc1ccc(CCN(C)C(=O)c2cc(Cl)c(OC(C)C)c(OC)c2)cc1OC. The van der Waals surface area contributed by atoms with E-state index in [0.29, 0.717) is 46.5 Å². The van der Waals surface area contributed by atoms with Crippen LogP contribution in [0.3, 0.4) is 0 Å². The molecule has 0 N–H and O–H groups in total. The Hall–Kier alpha value is -2.60. The predicted octanol–water partition coefficient (Wildman–Crippen LogP) is 4.47. The molecule has 0 aromatic heterocycles. The number of carbonyl (C=O) groups excluding carboxylic acids is 1. The predicted molar refractivity (Wildman–Crippen MR) is 114 cm³/mol. The van der Waals surface area contributed by atoms with E-state index in [4.69, 9.17) is 30.5 Å². The molecule has 0 heterocycles. The van der Waals surface area contributed by atoms with E-state index in [0.717, 1.165) is 5.56 Å². The van der Waals surface area contributed by atoms with Crippen molar-refractivity contribution in [3.05, 3.63) is 46.5 Å². The Balaban J connectivity index is 2.13. The molecule has 2 aromatic carbocycles. The molecule has 0 bridgehead atoms. The fourth-order valence-corrected chi connectivity index (χ4v) is 3.10. The summed E-state index contributed by atoms with van der Waals surface area (Å²) >= 11 is 6.34. The van der Waals surface area contributed by atoms with E-state index in [1.54, 1.807) is 38.3 Å². The fourth-order valence-electron chi connectivity index (χ4n) is 2.85. The molecule has 158 valence electrons. The van der Waals surface area contributed by atoms with Crippen molar-refractivity contribution in [2.45, 2.75) is 26.4 Å². The van der Waals surface area contributed by atoms with Crippen LogP contribution in [0.5, 0.6) is 23.0 Å². The Morgan fingerprint density at radius 2 is 1.66 bits per heavy atom. The van der Waals surface area contributed by atoms with Crippen LogP contribution in [0.15, 0.2) is 30.3 Å². The third-order valence-corrected chi connectivity index (χ3v) is 4.64. The lowest BCUT2D eigenvalue weighted by molar-refractivity contribution is 0.0796. The average molecular weight is 422 g/mol. The number of halogens is 1. The second kappa shape index (κ2) is 10.3. The minimum absolute atomic E-state index is 0.0629. The van der Waals surface area contributed by atoms with Gasteiger partial charge in [0.05, 0.1) is 32.5 Å². The summed E-state index contributed by atoms with van der Waals surface area (Å²) in [7, 11) is 6.47. The van der Waals surface area contributed by atoms with E-state index in [1.165, 1.54) is 7.11 Å². The van der Waals surface area contributed by atoms with Crippen molar-refractivity contribution in [1.29, 1.82) is 0 Å². The Kier molecular flexibility index (Phi) is 8.02. The van der Waals surface area contributed by atoms with Crippen LogP contribution in [0.2, 0.25) is 5.02 Å². The summed E-state index contributed by atoms with van der Waals surface area (Å²) < 4.78 is 21.7. The highest BCUT2D eigenvalue weighted by atomic mass is 35.5. The van der Waals surface area contributed by atoms with Gasteiger partial charge in [-0.3, -0.25) is 4.79 Å². The zero-order chi connectivity index (χ0) is 21.6. The number of carbonyl (C=O) groups is 1. The summed E-state index contributed by atoms with van der Waals surface area (Å²) in [6, 6.07) is 8.98. The lowest BCUT2D eigenvalue weighted by atomic mass is 10.1. The molecule has 0 saturated carbocycles. The van der Waals surface area contributed by atoms with E-state index < -0.39 is 0 Å². The van der Waals surface area contributed by atoms with Crippen LogP contribution < -0.4 is 18.9 Å². The number of ether oxygens (including phenoxy) is 4. The molecule has 29 heavy (non-hydrogen) atoms. The highest BCUT2D eigenvalue weighted by Crippen LogP contribution is 2.37. The van der Waals surface area contributed by atoms with Gasteiger partial charge in [-0.05, 0) is 50.1 Å². The Morgan fingerprint density at radius 1 is 1.00 bits per heavy atom. The third-order valence-electron chi connectivity index (χ3n) is 4.36. The van der Waals surface area contributed by atoms with Gasteiger partial charge in [-0.25, -0.2) is 0 Å². The molecule has 0 fully saturated rings. The van der Waals surface area contributed by atoms with E-state index in [2.05, 4.69) is 0 Å². The quantitative estimate of drug-likeness (QED) is 0.598. The molecule has 0 aliphatic rings. The molecule has 6 nitrogen and oxygen atoms in total. The van der Waals surface area contributed by atoms with Gasteiger partial charge in [-0.1, -0.05) is 17.7 Å². The second-order valence-electron chi connectivity index (χ2n) is 6.82. The summed E-state index contributed by atoms with van der Waals surface area (Å²) in [5.41, 5.74) is 1.48. The molecule has 0 aliphatic carbocycles. The molecule has 0 saturated heterocycles. The second-order valence-corrected chi connectivity index (χ2v) is 7.23. The van der Waals surface area contributed by atoms with E-state index in [-0.39, 0.29) is 12.0 Å². The molecular weight excluding hydrogens is 394 g/mol. The number of nitrogens with zero attached hydrogens (tertiary/aromatic N) is 1. The number of rotatable bonds is 9. The van der Waals surface area contributed by atoms with Gasteiger partial charge in [-0.2, -0.15) is 0 Å². The average Bonchev–Trinajstić information content (AvgIpc) is 2.71. The Morgan fingerprint density at radius 3 is 2.24 bits per heavy atom. The van der Waals surface area contributed by atoms with Crippen LogP contribution >= 0.6 is 11.6 Å². The number of hydrogen-bond acceptors (Lipinski definition) is 5. The Labute approximate surface area is 177 Å². The maximum Gasteiger partial charge on any atom is 0.253 e. The normalized spacial score (nSPS) is 10.6. The minimum atomic E-state index is -0.151. The molecule has 2 aromatic rings. The molecule has 2 rings (SSSR count). The summed E-state index contributed by atoms with van der Waals surface area (Å²) in [5, 5.41) is 0.342. The smallest absolute Gasteiger partial charge is 0.253 e. The molecule has 0 aliphatic heterocycles. The number of methoxy groups -OCH3 is 3. The number of hydrogen-bond donors (Lipinski definition) is 0. The molecule has 1 amide bonds. The van der Waals surface area contributed by atoms with Crippen molar-refractivity contribution < 1.29 is 23.7 Å². The first-order valence-electron chi connectivity index (χ1n) is 9.31. The van der Waals surface area contributed by atoms with Gasteiger partial charge >= 0.3 is 0 Å². The lowest BCUT2D eigenvalue weighted by Crippen LogP contribution is -2.29. The van der Waals surface area contributed by atoms with Crippen LogP contribution in [0.4, 0.5) is 0 Å². The van der Waals surface area contributed by atoms with Crippen molar-refractivity contribution in [2.75, 3.05) is 34.9 Å². The van der Waals surface area contributed by atoms with Crippen LogP contribution in [0.1, 0.15) is 29.8 Å². The van der Waals surface area contributed by atoms with Crippen LogP contribution in [-0.2, 0) is 6.42 Å². The van der Waals surface area contributed by atoms with Gasteiger partial charge < -0.3 is 23.8 Å². The van der Waals surface area contributed by atoms with Gasteiger partial charge in [0.25, 0.3) is 5.91 Å². The van der Waals surface area contributed by atoms with Crippen LogP contribution in [0, 0.1) is 0 Å². The first-order chi connectivity index (χ1) is 13.8. The van der Waals surface area contributed by atoms with E-state index >= 15 is 0 Å². The largest absolute Gasteiger partial charge is 0.493 e. The highest BCUT2D eigenvalue weighted by Gasteiger charge is 2.19. The van der Waals surface area contributed by atoms with Crippen molar-refractivity contribution in [2.24, 2.45) is 0 Å². The van der Waals surface area contributed by atoms with Gasteiger partial charge in [-0.15, -0.1) is 0 Å². The first kappa shape index (κ1) is 22.7. The maximum absolute atomic E-state index is 12.9. The zero-order valence-electron chi connectivity index (χ0n) is 17.7. The maximum atomic E-state index is 12.9. The van der Waals surface area contributed by atoms with Crippen molar-refractivity contribution in [1.82, 2.24) is 4.90 Å². The topological polar surface area (TPSA) is 57.2 Å². The number of likely N-dealkylation sites (N-methyl/N-ethyl adjacent to an activating group) is 1. The molecular formula is C22H28ClNO5. The monoisotopic (exact) mass is 421 g/mol. The van der Waals surface area contributed by atoms with Gasteiger partial charge in [0, 0.05) is 19.2 Å². The first-order valence-corrected chi connectivity index (χ1v) is 9.69. The van der Waals surface area contributed by atoms with Crippen LogP contribution in [0.25, 0.3) is 0 Å². The standard InChI is InChI=1S/C22H28ClNO5/c1-14(2)29-21-17(23)12-16(13-20(21)28-6)22(25)24(3)10-9-15-7-8-18(26-4)19(11-15)27-5/h7-8,11-14H,9-10H2,1-6H3. The van der Waals surface area contributed by atoms with Crippen molar-refractivity contribution in [3.8, 4) is 23.0 Å². The van der Waals surface area contributed by atoms with E-state index in [1.807, 2.05) is 32.0 Å². The number of amides is 1. The minimum Gasteiger partial charge on any atom is -0.493 e. The molecule has 0 unspecified atom stereocenters. The zero-order valence-corrected chi connectivity index (χ0v) is 18.5. The highest BCUT2D eigenvalue weighted by molar-refractivity contribution is 6.32. The van der Waals surface area contributed by atoms with Gasteiger partial charge in [0.1, 0.15) is 0 Å². The summed E-state index contributed by atoms with van der Waals surface area (Å²) in [6.07, 6.45) is 0.606. The molecule has 0 spiro atoms. The van der Waals surface area contributed by atoms with Crippen LogP contribution in [-0.4, -0.2) is 51.8 Å².